The lowest BCUT2D eigenvalue weighted by molar-refractivity contribution is -0.169. The summed E-state index contributed by atoms with van der Waals surface area (Å²) in [6, 6.07) is 0. The molecule has 0 aromatic rings. The van der Waals surface area contributed by atoms with E-state index in [1.54, 1.807) is 0 Å². The smallest absolute Gasteiger partial charge is 0.393 e. The van der Waals surface area contributed by atoms with Crippen molar-refractivity contribution in [3.05, 3.63) is 0 Å². The summed E-state index contributed by atoms with van der Waals surface area (Å²) in [6.45, 7) is 0. The van der Waals surface area contributed by atoms with Crippen molar-refractivity contribution in [2.45, 2.75) is 25.1 Å². The van der Waals surface area contributed by atoms with Gasteiger partial charge >= 0.3 is 12.1 Å². The number of carbonyl (C=O) groups is 1. The second-order valence-corrected chi connectivity index (χ2v) is 5.85. The largest absolute Gasteiger partial charge is 0.474 e. The summed E-state index contributed by atoms with van der Waals surface area (Å²) in [4.78, 5) is 10.5. The summed E-state index contributed by atoms with van der Waals surface area (Å²) in [5.41, 5.74) is 0. The molecule has 4 nitrogen and oxygen atoms in total. The van der Waals surface area contributed by atoms with Gasteiger partial charge < -0.3 is 5.11 Å². The van der Waals surface area contributed by atoms with Crippen LogP contribution < -0.4 is 0 Å². The number of aliphatic hydroxyl groups excluding tert-OH is 1. The van der Waals surface area contributed by atoms with E-state index in [1.807, 2.05) is 0 Å². The first-order chi connectivity index (χ1) is 6.73. The molecule has 15 heavy (non-hydrogen) atoms. The minimum Gasteiger partial charge on any atom is -0.393 e. The van der Waals surface area contributed by atoms with Crippen LogP contribution in [0.1, 0.15) is 12.8 Å². The monoisotopic (exact) mass is 245 g/mol. The summed E-state index contributed by atoms with van der Waals surface area (Å²) in [7, 11) is -3.11. The molecule has 0 aromatic heterocycles. The molecule has 0 unspecified atom stereocenters. The van der Waals surface area contributed by atoms with Crippen LogP contribution in [-0.2, 0) is 14.5 Å². The van der Waals surface area contributed by atoms with E-state index in [2.05, 4.69) is 4.36 Å². The van der Waals surface area contributed by atoms with Gasteiger partial charge in [-0.2, -0.15) is 17.5 Å². The predicted molar refractivity (Wildman–Crippen MR) is 46.6 cm³/mol. The number of rotatable bonds is 0. The molecule has 8 heteroatoms. The average Bonchev–Trinajstić information content (AvgIpc) is 2.09. The van der Waals surface area contributed by atoms with Crippen LogP contribution in [0.4, 0.5) is 13.2 Å². The third kappa shape index (κ3) is 3.45. The van der Waals surface area contributed by atoms with E-state index in [1.165, 1.54) is 0 Å². The maximum atomic E-state index is 11.8. The van der Waals surface area contributed by atoms with Crippen molar-refractivity contribution in [3.8, 4) is 0 Å². The Morgan fingerprint density at radius 3 is 2.20 bits per heavy atom. The molecule has 1 amide bonds. The Balaban J connectivity index is 2.83. The lowest BCUT2D eigenvalue weighted by atomic mass is 10.2. The molecular formula is C7H10F3NO3S. The fraction of sp³-hybridized carbons (Fsp3) is 0.857. The molecule has 1 aliphatic rings. The summed E-state index contributed by atoms with van der Waals surface area (Å²) >= 11 is 0. The normalized spacial score (nSPS) is 32.4. The zero-order valence-corrected chi connectivity index (χ0v) is 8.48. The molecule has 1 rings (SSSR count). The van der Waals surface area contributed by atoms with Crippen molar-refractivity contribution in [2.75, 3.05) is 11.5 Å². The quantitative estimate of drug-likeness (QED) is 0.683. The molecular weight excluding hydrogens is 235 g/mol. The van der Waals surface area contributed by atoms with Gasteiger partial charge in [0.05, 0.1) is 15.8 Å². The van der Waals surface area contributed by atoms with Gasteiger partial charge in [-0.25, -0.2) is 4.21 Å². The topological polar surface area (TPSA) is 66.7 Å². The fourth-order valence-electron chi connectivity index (χ4n) is 1.18. The minimum atomic E-state index is -5.07. The van der Waals surface area contributed by atoms with Crippen LogP contribution in [0.15, 0.2) is 4.36 Å². The van der Waals surface area contributed by atoms with E-state index >= 15 is 0 Å². The first-order valence-electron chi connectivity index (χ1n) is 4.25. The van der Waals surface area contributed by atoms with Gasteiger partial charge in [0.15, 0.2) is 0 Å². The van der Waals surface area contributed by atoms with E-state index in [4.69, 9.17) is 5.11 Å². The van der Waals surface area contributed by atoms with Gasteiger partial charge in [0.25, 0.3) is 0 Å². The second-order valence-electron chi connectivity index (χ2n) is 3.31. The molecule has 1 saturated heterocycles. The summed E-state index contributed by atoms with van der Waals surface area (Å²) < 4.78 is 49.8. The summed E-state index contributed by atoms with van der Waals surface area (Å²) in [5, 5.41) is 9.06. The van der Waals surface area contributed by atoms with E-state index in [9.17, 15) is 22.2 Å². The molecule has 0 aromatic carbocycles. The van der Waals surface area contributed by atoms with Crippen LogP contribution >= 0.6 is 0 Å². The average molecular weight is 245 g/mol. The molecule has 1 heterocycles. The number of alkyl halides is 3. The minimum absolute atomic E-state index is 0.119. The standard InChI is InChI=1S/C7H10F3NO3S/c8-7(9,10)6(13)11-15(14)3-1-5(12)2-4-15/h5,12H,1-4H2. The van der Waals surface area contributed by atoms with Crippen LogP contribution in [0.5, 0.6) is 0 Å². The van der Waals surface area contributed by atoms with Gasteiger partial charge in [0.2, 0.25) is 0 Å². The number of halogens is 3. The number of aliphatic hydroxyl groups is 1. The van der Waals surface area contributed by atoms with Crippen molar-refractivity contribution in [2.24, 2.45) is 4.36 Å². The third-order valence-corrected chi connectivity index (χ3v) is 4.28. The number of amides is 1. The molecule has 88 valence electrons. The first-order valence-corrected chi connectivity index (χ1v) is 6.10. The molecule has 0 saturated carbocycles. The first kappa shape index (κ1) is 12.4. The molecule has 0 radical (unpaired) electrons. The number of carbonyl (C=O) groups excluding carboxylic acids is 1. The van der Waals surface area contributed by atoms with E-state index in [-0.39, 0.29) is 24.3 Å². The molecule has 0 atom stereocenters. The highest BCUT2D eigenvalue weighted by Gasteiger charge is 2.40. The lowest BCUT2D eigenvalue weighted by Crippen LogP contribution is -2.29. The Morgan fingerprint density at radius 1 is 1.33 bits per heavy atom. The van der Waals surface area contributed by atoms with Crippen LogP contribution in [-0.4, -0.2) is 39.0 Å². The highest BCUT2D eigenvalue weighted by molar-refractivity contribution is 7.93. The van der Waals surface area contributed by atoms with Crippen LogP contribution in [0.3, 0.4) is 0 Å². The second kappa shape index (κ2) is 4.09. The molecule has 0 aliphatic carbocycles. The lowest BCUT2D eigenvalue weighted by Gasteiger charge is -2.19. The number of hydrogen-bond acceptors (Lipinski definition) is 3. The number of nitrogens with zero attached hydrogens (tertiary/aromatic N) is 1. The van der Waals surface area contributed by atoms with Crippen LogP contribution in [0, 0.1) is 0 Å². The van der Waals surface area contributed by atoms with Crippen molar-refractivity contribution < 1.29 is 27.3 Å². The molecule has 0 bridgehead atoms. The zero-order chi connectivity index (χ0) is 11.7. The highest BCUT2D eigenvalue weighted by atomic mass is 32.2. The SMILES string of the molecule is O=C(N=S1(=O)CCC(O)CC1)C(F)(F)F. The predicted octanol–water partition coefficient (Wildman–Crippen LogP) is 0.698. The van der Waals surface area contributed by atoms with Gasteiger partial charge in [-0.1, -0.05) is 0 Å². The summed E-state index contributed by atoms with van der Waals surface area (Å²) in [5.74, 6) is -2.62. The van der Waals surface area contributed by atoms with Crippen molar-refractivity contribution in [1.82, 2.24) is 0 Å². The van der Waals surface area contributed by atoms with E-state index in [0.717, 1.165) is 0 Å². The molecule has 1 aliphatic heterocycles. The van der Waals surface area contributed by atoms with Crippen LogP contribution in [0.2, 0.25) is 0 Å². The zero-order valence-electron chi connectivity index (χ0n) is 7.66. The van der Waals surface area contributed by atoms with Gasteiger partial charge in [0, 0.05) is 11.5 Å². The van der Waals surface area contributed by atoms with Gasteiger partial charge in [-0.3, -0.25) is 4.79 Å². The Hall–Kier alpha value is -0.630. The molecule has 0 spiro atoms. The van der Waals surface area contributed by atoms with E-state index < -0.39 is 27.9 Å². The molecule has 1 N–H and O–H groups in total. The molecule has 1 fully saturated rings. The van der Waals surface area contributed by atoms with Crippen molar-refractivity contribution >= 4 is 15.6 Å². The summed E-state index contributed by atoms with van der Waals surface area (Å²) in [6.07, 6.45) is -5.49. The maximum absolute atomic E-state index is 11.8. The van der Waals surface area contributed by atoms with Crippen molar-refractivity contribution in [3.63, 3.8) is 0 Å². The van der Waals surface area contributed by atoms with E-state index in [0.29, 0.717) is 0 Å². The van der Waals surface area contributed by atoms with Gasteiger partial charge in [-0.05, 0) is 12.8 Å². The maximum Gasteiger partial charge on any atom is 0.474 e. The Morgan fingerprint density at radius 2 is 1.80 bits per heavy atom. The number of hydrogen-bond donors (Lipinski definition) is 1. The van der Waals surface area contributed by atoms with Gasteiger partial charge in [0.1, 0.15) is 0 Å². The Bertz CT molecular complexity index is 356. The third-order valence-electron chi connectivity index (χ3n) is 2.03. The van der Waals surface area contributed by atoms with Crippen molar-refractivity contribution in [1.29, 1.82) is 0 Å². The van der Waals surface area contributed by atoms with Crippen LogP contribution in [0.25, 0.3) is 0 Å². The Kier molecular flexibility index (Phi) is 3.39. The Labute approximate surface area is 84.7 Å². The van der Waals surface area contributed by atoms with Gasteiger partial charge in [-0.15, -0.1) is 0 Å². The fourth-order valence-corrected chi connectivity index (χ4v) is 3.25. The highest BCUT2D eigenvalue weighted by Crippen LogP contribution is 2.20.